The summed E-state index contributed by atoms with van der Waals surface area (Å²) in [5.41, 5.74) is 0.197. The molecular weight excluding hydrogens is 269 g/mol. The predicted octanol–water partition coefficient (Wildman–Crippen LogP) is 2.77. The van der Waals surface area contributed by atoms with Crippen molar-refractivity contribution in [1.29, 1.82) is 0 Å². The van der Waals surface area contributed by atoms with Crippen molar-refractivity contribution >= 4 is 23.6 Å². The molecule has 1 rings (SSSR count). The first kappa shape index (κ1) is 15.7. The number of nitrogens with one attached hydrogen (secondary N) is 1. The second kappa shape index (κ2) is 7.92. The molecule has 2 N–H and O–H groups in total. The molecule has 0 aromatic heterocycles. The number of rotatable bonds is 6. The Balaban J connectivity index is 2.46. The number of halogens is 2. The van der Waals surface area contributed by atoms with Gasteiger partial charge in [-0.25, -0.2) is 4.39 Å². The number of carbonyl (C=O) groups is 1. The van der Waals surface area contributed by atoms with Crippen molar-refractivity contribution in [3.63, 3.8) is 0 Å². The summed E-state index contributed by atoms with van der Waals surface area (Å²) in [5.74, 6) is -0.782. The predicted molar refractivity (Wildman–Crippen MR) is 74.4 cm³/mol. The third kappa shape index (κ3) is 5.85. The van der Waals surface area contributed by atoms with Crippen molar-refractivity contribution < 1.29 is 14.3 Å². The summed E-state index contributed by atoms with van der Waals surface area (Å²) in [6.07, 6.45) is 3.54. The molecule has 0 saturated carbocycles. The molecule has 1 unspecified atom stereocenters. The number of aliphatic hydroxyl groups excluding tert-OH is 1. The van der Waals surface area contributed by atoms with Crippen molar-refractivity contribution in [3.05, 3.63) is 40.7 Å². The first-order valence-corrected chi connectivity index (χ1v) is 6.46. The molecule has 3 nitrogen and oxygen atoms in total. The highest BCUT2D eigenvalue weighted by molar-refractivity contribution is 6.32. The van der Waals surface area contributed by atoms with Crippen molar-refractivity contribution in [1.82, 2.24) is 5.32 Å². The number of hydrogen-bond donors (Lipinski definition) is 2. The number of carbonyl (C=O) groups excluding carboxylic acids is 1. The van der Waals surface area contributed by atoms with Gasteiger partial charge in [0.05, 0.1) is 11.1 Å². The highest BCUT2D eigenvalue weighted by Crippen LogP contribution is 2.20. The van der Waals surface area contributed by atoms with Crippen LogP contribution in [-0.4, -0.2) is 23.7 Å². The van der Waals surface area contributed by atoms with Crippen molar-refractivity contribution in [2.24, 2.45) is 0 Å². The Morgan fingerprint density at radius 3 is 2.95 bits per heavy atom. The maximum absolute atomic E-state index is 13.4. The van der Waals surface area contributed by atoms with E-state index in [9.17, 15) is 9.18 Å². The van der Waals surface area contributed by atoms with Crippen LogP contribution in [0.5, 0.6) is 0 Å². The summed E-state index contributed by atoms with van der Waals surface area (Å²) in [6, 6.07) is 4.35. The van der Waals surface area contributed by atoms with Gasteiger partial charge in [0.25, 0.3) is 0 Å². The molecule has 0 fully saturated rings. The average Bonchev–Trinajstić information content (AvgIpc) is 2.34. The van der Waals surface area contributed by atoms with Crippen LogP contribution in [0.4, 0.5) is 4.39 Å². The van der Waals surface area contributed by atoms with E-state index in [0.717, 1.165) is 0 Å². The van der Waals surface area contributed by atoms with Crippen LogP contribution in [0.3, 0.4) is 0 Å². The van der Waals surface area contributed by atoms with E-state index in [-0.39, 0.29) is 22.6 Å². The van der Waals surface area contributed by atoms with Gasteiger partial charge in [0.15, 0.2) is 0 Å². The van der Waals surface area contributed by atoms with Crippen molar-refractivity contribution in [3.8, 4) is 0 Å². The van der Waals surface area contributed by atoms with Gasteiger partial charge < -0.3 is 10.4 Å². The summed E-state index contributed by atoms with van der Waals surface area (Å²) in [4.78, 5) is 11.5. The summed E-state index contributed by atoms with van der Waals surface area (Å²) >= 11 is 5.82. The maximum atomic E-state index is 13.4. The number of amides is 1. The normalized spacial score (nSPS) is 12.6. The molecule has 0 bridgehead atoms. The molecule has 0 aliphatic carbocycles. The molecule has 1 aromatic rings. The van der Waals surface area contributed by atoms with Crippen LogP contribution in [0.1, 0.15) is 25.3 Å². The quantitative estimate of drug-likeness (QED) is 0.624. The Bertz CT molecular complexity index is 441. The van der Waals surface area contributed by atoms with Crippen molar-refractivity contribution in [2.75, 3.05) is 6.54 Å². The van der Waals surface area contributed by atoms with E-state index in [1.165, 1.54) is 24.3 Å². The maximum Gasteiger partial charge on any atom is 0.244 e. The lowest BCUT2D eigenvalue weighted by atomic mass is 10.2. The molecule has 0 aliphatic heterocycles. The second-order valence-electron chi connectivity index (χ2n) is 4.25. The third-order valence-corrected chi connectivity index (χ3v) is 2.83. The molecule has 19 heavy (non-hydrogen) atoms. The van der Waals surface area contributed by atoms with E-state index in [0.29, 0.717) is 19.4 Å². The van der Waals surface area contributed by atoms with Crippen molar-refractivity contribution in [2.45, 2.75) is 25.9 Å². The van der Waals surface area contributed by atoms with Crippen LogP contribution in [0, 0.1) is 5.82 Å². The van der Waals surface area contributed by atoms with Crippen LogP contribution >= 0.6 is 11.6 Å². The molecule has 0 aliphatic rings. The zero-order valence-corrected chi connectivity index (χ0v) is 11.5. The first-order chi connectivity index (χ1) is 9.00. The van der Waals surface area contributed by atoms with Crippen LogP contribution in [-0.2, 0) is 4.79 Å². The molecule has 0 saturated heterocycles. The summed E-state index contributed by atoms with van der Waals surface area (Å²) < 4.78 is 13.4. The van der Waals surface area contributed by atoms with Gasteiger partial charge >= 0.3 is 0 Å². The summed E-state index contributed by atoms with van der Waals surface area (Å²) in [5, 5.41) is 12.0. The van der Waals surface area contributed by atoms with Crippen LogP contribution < -0.4 is 5.32 Å². The van der Waals surface area contributed by atoms with E-state index >= 15 is 0 Å². The highest BCUT2D eigenvalue weighted by atomic mass is 35.5. The molecule has 104 valence electrons. The van der Waals surface area contributed by atoms with Gasteiger partial charge in [-0.1, -0.05) is 17.7 Å². The Hall–Kier alpha value is -1.39. The first-order valence-electron chi connectivity index (χ1n) is 6.08. The highest BCUT2D eigenvalue weighted by Gasteiger charge is 2.04. The minimum Gasteiger partial charge on any atom is -0.393 e. The van der Waals surface area contributed by atoms with Gasteiger partial charge in [-0.15, -0.1) is 0 Å². The van der Waals surface area contributed by atoms with Crippen LogP contribution in [0.2, 0.25) is 5.02 Å². The lowest BCUT2D eigenvalue weighted by molar-refractivity contribution is -0.116. The average molecular weight is 286 g/mol. The Morgan fingerprint density at radius 2 is 2.32 bits per heavy atom. The number of hydrogen-bond acceptors (Lipinski definition) is 2. The third-order valence-electron chi connectivity index (χ3n) is 2.50. The van der Waals surface area contributed by atoms with Crippen LogP contribution in [0.15, 0.2) is 24.3 Å². The fourth-order valence-electron chi connectivity index (χ4n) is 1.50. The van der Waals surface area contributed by atoms with Gasteiger partial charge in [-0.05, 0) is 38.0 Å². The fourth-order valence-corrected chi connectivity index (χ4v) is 1.72. The molecule has 1 amide bonds. The van der Waals surface area contributed by atoms with E-state index in [2.05, 4.69) is 5.32 Å². The Labute approximate surface area is 117 Å². The second-order valence-corrected chi connectivity index (χ2v) is 4.66. The molecule has 0 heterocycles. The Kier molecular flexibility index (Phi) is 6.53. The summed E-state index contributed by atoms with van der Waals surface area (Å²) in [6.45, 7) is 2.17. The number of aliphatic hydroxyl groups is 1. The lowest BCUT2D eigenvalue weighted by Crippen LogP contribution is -2.22. The monoisotopic (exact) mass is 285 g/mol. The van der Waals surface area contributed by atoms with Gasteiger partial charge in [0, 0.05) is 18.2 Å². The van der Waals surface area contributed by atoms with E-state index in [1.807, 2.05) is 0 Å². The minimum atomic E-state index is -0.467. The largest absolute Gasteiger partial charge is 0.393 e. The van der Waals surface area contributed by atoms with Gasteiger partial charge in [0.2, 0.25) is 5.91 Å². The van der Waals surface area contributed by atoms with Gasteiger partial charge in [0.1, 0.15) is 5.82 Å². The minimum absolute atomic E-state index is 0.197. The standard InChI is InChI=1S/C14H17ClFNO2/c1-10(18)4-3-9-17-14(19)8-7-11-12(15)5-2-6-13(11)16/h2,5-8,10,18H,3-4,9H2,1H3,(H,17,19)/b8-7+. The van der Waals surface area contributed by atoms with E-state index < -0.39 is 5.82 Å². The molecule has 0 radical (unpaired) electrons. The SMILES string of the molecule is CC(O)CCCNC(=O)/C=C/c1c(F)cccc1Cl. The Morgan fingerprint density at radius 1 is 1.58 bits per heavy atom. The fraction of sp³-hybridized carbons (Fsp3) is 0.357. The topological polar surface area (TPSA) is 49.3 Å². The smallest absolute Gasteiger partial charge is 0.244 e. The molecule has 5 heteroatoms. The van der Waals surface area contributed by atoms with Gasteiger partial charge in [-0.2, -0.15) is 0 Å². The molecule has 1 atom stereocenters. The molecule has 0 spiro atoms. The number of benzene rings is 1. The molecular formula is C14H17ClFNO2. The zero-order valence-electron chi connectivity index (χ0n) is 10.7. The lowest BCUT2D eigenvalue weighted by Gasteiger charge is -2.04. The molecule has 1 aromatic carbocycles. The van der Waals surface area contributed by atoms with E-state index in [1.54, 1.807) is 13.0 Å². The summed E-state index contributed by atoms with van der Waals surface area (Å²) in [7, 11) is 0. The zero-order chi connectivity index (χ0) is 14.3. The van der Waals surface area contributed by atoms with Gasteiger partial charge in [-0.3, -0.25) is 4.79 Å². The van der Waals surface area contributed by atoms with Crippen LogP contribution in [0.25, 0.3) is 6.08 Å². The van der Waals surface area contributed by atoms with E-state index in [4.69, 9.17) is 16.7 Å².